The Labute approximate surface area is 200 Å². The molecule has 0 bridgehead atoms. The summed E-state index contributed by atoms with van der Waals surface area (Å²) in [6.45, 7) is 0. The topological polar surface area (TPSA) is 114 Å². The van der Waals surface area contributed by atoms with Crippen LogP contribution in [0.3, 0.4) is 0 Å². The molecule has 0 saturated carbocycles. The van der Waals surface area contributed by atoms with E-state index < -0.39 is 16.0 Å². The summed E-state index contributed by atoms with van der Waals surface area (Å²) in [7, 11) is -2.39. The predicted octanol–water partition coefficient (Wildman–Crippen LogP) is 4.65. The Morgan fingerprint density at radius 1 is 0.882 bits per heavy atom. The number of ether oxygens (including phenoxy) is 1. The number of esters is 1. The van der Waals surface area contributed by atoms with Crippen LogP contribution < -0.4 is 10.0 Å². The van der Waals surface area contributed by atoms with E-state index in [-0.39, 0.29) is 10.8 Å². The van der Waals surface area contributed by atoms with E-state index in [0.717, 1.165) is 5.56 Å². The van der Waals surface area contributed by atoms with Gasteiger partial charge in [-0.25, -0.2) is 18.2 Å². The lowest BCUT2D eigenvalue weighted by Gasteiger charge is -2.08. The molecule has 1 aromatic heterocycles. The average Bonchev–Trinajstić information content (AvgIpc) is 3.33. The van der Waals surface area contributed by atoms with Gasteiger partial charge in [-0.3, -0.25) is 14.8 Å². The van der Waals surface area contributed by atoms with Crippen LogP contribution in [0.5, 0.6) is 0 Å². The molecule has 0 saturated heterocycles. The van der Waals surface area contributed by atoms with Gasteiger partial charge in [0.2, 0.25) is 0 Å². The standard InChI is InChI=1S/C24H19N3O5S2/c1-32-23(29)18-9-7-16(8-10-18)21-15-33-24(25-21)26-22(28)17-11-13-19(14-12-17)27-34(30,31)20-5-3-2-4-6-20/h2-15,27H,1H3,(H,25,26,28). The van der Waals surface area contributed by atoms with Crippen molar-refractivity contribution in [3.63, 3.8) is 0 Å². The molecule has 0 aliphatic heterocycles. The fourth-order valence-corrected chi connectivity index (χ4v) is 4.83. The van der Waals surface area contributed by atoms with Crippen LogP contribution in [0.4, 0.5) is 10.8 Å². The zero-order chi connectivity index (χ0) is 24.1. The lowest BCUT2D eigenvalue weighted by molar-refractivity contribution is 0.0600. The van der Waals surface area contributed by atoms with Crippen LogP contribution in [-0.2, 0) is 14.8 Å². The first-order valence-electron chi connectivity index (χ1n) is 9.99. The van der Waals surface area contributed by atoms with E-state index in [1.165, 1.54) is 54.8 Å². The van der Waals surface area contributed by atoms with Gasteiger partial charge in [-0.1, -0.05) is 30.3 Å². The molecule has 2 N–H and O–H groups in total. The smallest absolute Gasteiger partial charge is 0.337 e. The predicted molar refractivity (Wildman–Crippen MR) is 131 cm³/mol. The number of thiazole rings is 1. The van der Waals surface area contributed by atoms with Crippen LogP contribution in [0.25, 0.3) is 11.3 Å². The number of carbonyl (C=O) groups excluding carboxylic acids is 2. The Hall–Kier alpha value is -4.02. The molecule has 0 radical (unpaired) electrons. The molecule has 0 atom stereocenters. The lowest BCUT2D eigenvalue weighted by Crippen LogP contribution is -2.14. The maximum atomic E-state index is 12.6. The van der Waals surface area contributed by atoms with Crippen molar-refractivity contribution in [2.75, 3.05) is 17.1 Å². The van der Waals surface area contributed by atoms with Gasteiger partial charge in [0.15, 0.2) is 5.13 Å². The average molecular weight is 494 g/mol. The minimum absolute atomic E-state index is 0.149. The highest BCUT2D eigenvalue weighted by Crippen LogP contribution is 2.26. The largest absolute Gasteiger partial charge is 0.465 e. The zero-order valence-electron chi connectivity index (χ0n) is 17.9. The highest BCUT2D eigenvalue weighted by molar-refractivity contribution is 7.92. The summed E-state index contributed by atoms with van der Waals surface area (Å²) in [6.07, 6.45) is 0. The second-order valence-electron chi connectivity index (χ2n) is 7.06. The number of hydrogen-bond acceptors (Lipinski definition) is 7. The minimum Gasteiger partial charge on any atom is -0.465 e. The molecule has 10 heteroatoms. The fourth-order valence-electron chi connectivity index (χ4n) is 3.03. The van der Waals surface area contributed by atoms with E-state index >= 15 is 0 Å². The third-order valence-electron chi connectivity index (χ3n) is 4.78. The number of nitrogens with zero attached hydrogens (tertiary/aromatic N) is 1. The Morgan fingerprint density at radius 3 is 2.18 bits per heavy atom. The second kappa shape index (κ2) is 9.86. The van der Waals surface area contributed by atoms with Crippen LogP contribution in [-0.4, -0.2) is 32.4 Å². The van der Waals surface area contributed by atoms with E-state index in [9.17, 15) is 18.0 Å². The van der Waals surface area contributed by atoms with Gasteiger partial charge in [0, 0.05) is 22.2 Å². The van der Waals surface area contributed by atoms with Crippen LogP contribution >= 0.6 is 11.3 Å². The summed E-state index contributed by atoms with van der Waals surface area (Å²) in [5.74, 6) is -0.795. The van der Waals surface area contributed by atoms with E-state index in [0.29, 0.717) is 27.6 Å². The van der Waals surface area contributed by atoms with Gasteiger partial charge in [0.05, 0.1) is 23.3 Å². The van der Waals surface area contributed by atoms with Crippen molar-refractivity contribution in [3.8, 4) is 11.3 Å². The highest BCUT2D eigenvalue weighted by Gasteiger charge is 2.15. The summed E-state index contributed by atoms with van der Waals surface area (Å²) < 4.78 is 32.0. The number of nitrogens with one attached hydrogen (secondary N) is 2. The van der Waals surface area contributed by atoms with E-state index in [1.807, 2.05) is 0 Å². The summed E-state index contributed by atoms with van der Waals surface area (Å²) in [4.78, 5) is 28.7. The van der Waals surface area contributed by atoms with E-state index in [4.69, 9.17) is 0 Å². The first kappa shape index (κ1) is 23.1. The molecule has 1 amide bonds. The zero-order valence-corrected chi connectivity index (χ0v) is 19.5. The maximum Gasteiger partial charge on any atom is 0.337 e. The normalized spacial score (nSPS) is 11.0. The summed E-state index contributed by atoms with van der Waals surface area (Å²) in [5.41, 5.74) is 2.57. The Morgan fingerprint density at radius 2 is 1.53 bits per heavy atom. The number of hydrogen-bond donors (Lipinski definition) is 2. The molecule has 172 valence electrons. The molecule has 0 aliphatic carbocycles. The molecule has 8 nitrogen and oxygen atoms in total. The molecule has 0 spiro atoms. The molecule has 1 heterocycles. The maximum absolute atomic E-state index is 12.6. The van der Waals surface area contributed by atoms with Crippen LogP contribution in [0.1, 0.15) is 20.7 Å². The molecule has 0 unspecified atom stereocenters. The Balaban J connectivity index is 1.41. The summed E-state index contributed by atoms with van der Waals surface area (Å²) in [6, 6.07) is 20.9. The lowest BCUT2D eigenvalue weighted by atomic mass is 10.1. The molecule has 0 aliphatic rings. The van der Waals surface area contributed by atoms with E-state index in [2.05, 4.69) is 19.8 Å². The number of methoxy groups -OCH3 is 1. The van der Waals surface area contributed by atoms with Gasteiger partial charge in [0.25, 0.3) is 15.9 Å². The van der Waals surface area contributed by atoms with Gasteiger partial charge in [-0.2, -0.15) is 0 Å². The number of rotatable bonds is 7. The van der Waals surface area contributed by atoms with Crippen molar-refractivity contribution in [2.45, 2.75) is 4.90 Å². The van der Waals surface area contributed by atoms with Crippen molar-refractivity contribution in [1.29, 1.82) is 0 Å². The van der Waals surface area contributed by atoms with Crippen molar-refractivity contribution in [1.82, 2.24) is 4.98 Å². The SMILES string of the molecule is COC(=O)c1ccc(-c2csc(NC(=O)c3ccc(NS(=O)(=O)c4ccccc4)cc3)n2)cc1. The second-order valence-corrected chi connectivity index (χ2v) is 9.60. The molecular weight excluding hydrogens is 474 g/mol. The number of benzene rings is 3. The van der Waals surface area contributed by atoms with Crippen molar-refractivity contribution < 1.29 is 22.7 Å². The van der Waals surface area contributed by atoms with Crippen molar-refractivity contribution in [3.05, 3.63) is 95.4 Å². The molecule has 0 fully saturated rings. The van der Waals surface area contributed by atoms with Gasteiger partial charge in [0.1, 0.15) is 0 Å². The molecule has 34 heavy (non-hydrogen) atoms. The van der Waals surface area contributed by atoms with E-state index in [1.54, 1.807) is 47.8 Å². The third kappa shape index (κ3) is 5.30. The Bertz CT molecular complexity index is 1420. The molecule has 3 aromatic carbocycles. The van der Waals surface area contributed by atoms with Gasteiger partial charge in [-0.05, 0) is 48.5 Å². The van der Waals surface area contributed by atoms with Crippen molar-refractivity contribution in [2.24, 2.45) is 0 Å². The monoisotopic (exact) mass is 493 g/mol. The first-order valence-corrected chi connectivity index (χ1v) is 12.4. The fraction of sp³-hybridized carbons (Fsp3) is 0.0417. The van der Waals surface area contributed by atoms with Crippen LogP contribution in [0.15, 0.2) is 89.1 Å². The number of aromatic nitrogens is 1. The minimum atomic E-state index is -3.71. The number of sulfonamides is 1. The molecular formula is C24H19N3O5S2. The molecule has 4 aromatic rings. The Kier molecular flexibility index (Phi) is 6.71. The van der Waals surface area contributed by atoms with Crippen LogP contribution in [0.2, 0.25) is 0 Å². The van der Waals surface area contributed by atoms with Gasteiger partial charge < -0.3 is 4.74 Å². The third-order valence-corrected chi connectivity index (χ3v) is 6.93. The number of anilines is 2. The number of carbonyl (C=O) groups is 2. The molecule has 4 rings (SSSR count). The van der Waals surface area contributed by atoms with Gasteiger partial charge in [-0.15, -0.1) is 11.3 Å². The quantitative estimate of drug-likeness (QED) is 0.362. The van der Waals surface area contributed by atoms with Gasteiger partial charge >= 0.3 is 5.97 Å². The van der Waals surface area contributed by atoms with Crippen molar-refractivity contribution >= 4 is 44.1 Å². The number of amides is 1. The summed E-state index contributed by atoms with van der Waals surface area (Å²) in [5, 5.41) is 4.94. The first-order chi connectivity index (χ1) is 16.4. The van der Waals surface area contributed by atoms with Crippen LogP contribution in [0, 0.1) is 0 Å². The summed E-state index contributed by atoms with van der Waals surface area (Å²) >= 11 is 1.26. The highest BCUT2D eigenvalue weighted by atomic mass is 32.2.